The summed E-state index contributed by atoms with van der Waals surface area (Å²) in [5, 5.41) is 3.28. The van der Waals surface area contributed by atoms with Crippen molar-refractivity contribution in [2.24, 2.45) is 0 Å². The number of allylic oxidation sites excluding steroid dienone is 2. The van der Waals surface area contributed by atoms with Crippen molar-refractivity contribution in [3.05, 3.63) is 11.3 Å². The second-order valence-electron chi connectivity index (χ2n) is 12.2. The lowest BCUT2D eigenvalue weighted by atomic mass is 10.2. The van der Waals surface area contributed by atoms with Crippen LogP contribution in [0.3, 0.4) is 0 Å². The van der Waals surface area contributed by atoms with Gasteiger partial charge in [-0.2, -0.15) is 0 Å². The van der Waals surface area contributed by atoms with Crippen molar-refractivity contribution in [3.63, 3.8) is 0 Å². The van der Waals surface area contributed by atoms with Gasteiger partial charge in [0.05, 0.1) is 24.2 Å². The second kappa shape index (κ2) is 4.61. The van der Waals surface area contributed by atoms with E-state index < -0.39 is 32.3 Å². The molecule has 0 aromatic rings. The summed E-state index contributed by atoms with van der Waals surface area (Å²) in [7, 11) is -4.70. The average Bonchev–Trinajstić information content (AvgIpc) is 3.04. The molecule has 0 nitrogen and oxygen atoms in total. The maximum absolute atomic E-state index is 2.85. The molecule has 1 fully saturated rings. The molecule has 128 valence electrons. The van der Waals surface area contributed by atoms with E-state index in [1.807, 2.05) is 5.20 Å². The van der Waals surface area contributed by atoms with Crippen LogP contribution in [0.5, 0.6) is 0 Å². The minimum atomic E-state index is -1.25. The van der Waals surface area contributed by atoms with E-state index in [4.69, 9.17) is 0 Å². The van der Waals surface area contributed by atoms with Gasteiger partial charge in [0, 0.05) is 13.1 Å². The molecule has 0 heterocycles. The summed E-state index contributed by atoms with van der Waals surface area (Å²) in [5.41, 5.74) is 1.07. The van der Waals surface area contributed by atoms with Crippen LogP contribution in [0.2, 0.25) is 94.2 Å². The maximum Gasteiger partial charge on any atom is 0.0728 e. The molecule has 2 aliphatic carbocycles. The van der Waals surface area contributed by atoms with Crippen LogP contribution in [0.15, 0.2) is 11.3 Å². The number of rotatable bonds is 5. The lowest BCUT2D eigenvalue weighted by Gasteiger charge is -2.49. The molecule has 22 heavy (non-hydrogen) atoms. The summed E-state index contributed by atoms with van der Waals surface area (Å²) >= 11 is 0. The van der Waals surface area contributed by atoms with Crippen LogP contribution in [-0.2, 0) is 0 Å². The molecule has 3 atom stereocenters. The highest BCUT2D eigenvalue weighted by atomic mass is 28.3. The largest absolute Gasteiger partial charge is 0.0812 e. The Hall–Kier alpha value is 0.608. The second-order valence-corrected chi connectivity index (χ2v) is 33.4. The van der Waals surface area contributed by atoms with Crippen molar-refractivity contribution in [2.75, 3.05) is 0 Å². The first kappa shape index (κ1) is 18.9. The van der Waals surface area contributed by atoms with Crippen LogP contribution in [0.25, 0.3) is 0 Å². The molecule has 0 aromatic carbocycles. The third-order valence-corrected chi connectivity index (χ3v) is 19.3. The third kappa shape index (κ3) is 2.39. The summed E-state index contributed by atoms with van der Waals surface area (Å²) < 4.78 is 0. The molecule has 0 aliphatic heterocycles. The molecule has 0 amide bonds. The fraction of sp³-hybridized carbons (Fsp3) is 0.889. The Balaban J connectivity index is 2.58. The highest BCUT2D eigenvalue weighted by molar-refractivity contribution is 6.96. The Labute approximate surface area is 144 Å². The molecule has 2 aliphatic rings. The molecule has 0 bridgehead atoms. The van der Waals surface area contributed by atoms with Gasteiger partial charge in [0.25, 0.3) is 0 Å². The van der Waals surface area contributed by atoms with Gasteiger partial charge in [-0.15, -0.1) is 0 Å². The Morgan fingerprint density at radius 1 is 0.773 bits per heavy atom. The van der Waals surface area contributed by atoms with Gasteiger partial charge in [-0.1, -0.05) is 89.8 Å². The zero-order chi connectivity index (χ0) is 17.6. The maximum atomic E-state index is 2.85. The number of hydrogen-bond acceptors (Lipinski definition) is 0. The highest BCUT2D eigenvalue weighted by Crippen LogP contribution is 2.92. The third-order valence-electron chi connectivity index (χ3n) is 6.74. The summed E-state index contributed by atoms with van der Waals surface area (Å²) in [6.45, 7) is 31.7. The van der Waals surface area contributed by atoms with Gasteiger partial charge in [0.15, 0.2) is 0 Å². The lowest BCUT2D eigenvalue weighted by molar-refractivity contribution is 0.737. The first-order valence-corrected chi connectivity index (χ1v) is 23.2. The van der Waals surface area contributed by atoms with Crippen molar-refractivity contribution in [2.45, 2.75) is 101 Å². The molecule has 2 rings (SSSR count). The molecular formula is C18H40Si4. The Bertz CT molecular complexity index is 493. The van der Waals surface area contributed by atoms with Crippen LogP contribution in [0, 0.1) is 0 Å². The molecule has 0 aromatic heterocycles. The van der Waals surface area contributed by atoms with E-state index in [1.54, 1.807) is 6.42 Å². The monoisotopic (exact) mass is 368 g/mol. The fourth-order valence-corrected chi connectivity index (χ4v) is 24.5. The Morgan fingerprint density at radius 3 is 1.41 bits per heavy atom. The lowest BCUT2D eigenvalue weighted by Crippen LogP contribution is -2.49. The molecule has 0 saturated heterocycles. The molecule has 4 heteroatoms. The summed E-state index contributed by atoms with van der Waals surface area (Å²) in [4.78, 5) is 0. The summed E-state index contributed by atoms with van der Waals surface area (Å²) in [6.07, 6.45) is 4.41. The zero-order valence-corrected chi connectivity index (χ0v) is 21.4. The molecular weight excluding hydrogens is 329 g/mol. The molecule has 3 unspecified atom stereocenters. The van der Waals surface area contributed by atoms with Crippen molar-refractivity contribution >= 4 is 32.3 Å². The Morgan fingerprint density at radius 2 is 1.23 bits per heavy atom. The predicted molar refractivity (Wildman–Crippen MR) is 115 cm³/mol. The normalized spacial score (nSPS) is 36.2. The standard InChI is InChI=1S/C18H40Si4/c1-19(2,3)15-13-17(15,21(7,8)9)18(22(10,11)12)14-16(18)20(4,5)6/h13,16H,14H2,1-12H3. The minimum Gasteiger partial charge on any atom is -0.0812 e. The average molecular weight is 369 g/mol. The van der Waals surface area contributed by atoms with E-state index >= 15 is 0 Å². The van der Waals surface area contributed by atoms with Gasteiger partial charge >= 0.3 is 0 Å². The highest BCUT2D eigenvalue weighted by Gasteiger charge is 2.80. The molecule has 0 spiro atoms. The van der Waals surface area contributed by atoms with Gasteiger partial charge in [0.1, 0.15) is 0 Å². The zero-order valence-electron chi connectivity index (χ0n) is 17.4. The van der Waals surface area contributed by atoms with Gasteiger partial charge in [-0.05, 0) is 17.0 Å². The van der Waals surface area contributed by atoms with Gasteiger partial charge < -0.3 is 0 Å². The molecule has 1 saturated carbocycles. The first-order chi connectivity index (χ1) is 9.43. The van der Waals surface area contributed by atoms with Gasteiger partial charge in [-0.25, -0.2) is 0 Å². The SMILES string of the molecule is C[Si](C)(C)C1=CC1(C1([Si](C)(C)C)CC1[Si](C)(C)C)[Si](C)(C)C. The predicted octanol–water partition coefficient (Wildman–Crippen LogP) is 7.07. The van der Waals surface area contributed by atoms with E-state index in [2.05, 4.69) is 84.6 Å². The molecule has 0 N–H and O–H groups in total. The smallest absolute Gasteiger partial charge is 0.0728 e. The van der Waals surface area contributed by atoms with Crippen molar-refractivity contribution in [3.8, 4) is 0 Å². The van der Waals surface area contributed by atoms with E-state index in [0.717, 1.165) is 5.54 Å². The Kier molecular flexibility index (Phi) is 3.97. The summed E-state index contributed by atoms with van der Waals surface area (Å²) in [5.74, 6) is 0. The van der Waals surface area contributed by atoms with E-state index in [9.17, 15) is 0 Å². The van der Waals surface area contributed by atoms with Gasteiger partial charge in [0.2, 0.25) is 0 Å². The van der Waals surface area contributed by atoms with E-state index in [1.165, 1.54) is 0 Å². The van der Waals surface area contributed by atoms with E-state index in [-0.39, 0.29) is 0 Å². The minimum absolute atomic E-state index is 0.597. The van der Waals surface area contributed by atoms with Crippen LogP contribution in [0.1, 0.15) is 6.42 Å². The van der Waals surface area contributed by atoms with E-state index in [0.29, 0.717) is 10.1 Å². The van der Waals surface area contributed by atoms with Crippen LogP contribution < -0.4 is 0 Å². The van der Waals surface area contributed by atoms with Crippen molar-refractivity contribution < 1.29 is 0 Å². The fourth-order valence-electron chi connectivity index (χ4n) is 5.81. The van der Waals surface area contributed by atoms with Gasteiger partial charge in [-0.3, -0.25) is 0 Å². The quantitative estimate of drug-likeness (QED) is 0.455. The van der Waals surface area contributed by atoms with Crippen LogP contribution in [0.4, 0.5) is 0 Å². The topological polar surface area (TPSA) is 0 Å². The first-order valence-electron chi connectivity index (χ1n) is 9.17. The van der Waals surface area contributed by atoms with Crippen molar-refractivity contribution in [1.29, 1.82) is 0 Å². The van der Waals surface area contributed by atoms with Crippen LogP contribution >= 0.6 is 0 Å². The summed E-state index contributed by atoms with van der Waals surface area (Å²) in [6, 6.07) is 0. The van der Waals surface area contributed by atoms with Crippen LogP contribution in [-0.4, -0.2) is 32.3 Å². The van der Waals surface area contributed by atoms with Crippen molar-refractivity contribution in [1.82, 2.24) is 0 Å². The molecule has 0 radical (unpaired) electrons. The number of hydrogen-bond donors (Lipinski definition) is 0.